The van der Waals surface area contributed by atoms with Crippen LogP contribution in [0.2, 0.25) is 18.1 Å². The van der Waals surface area contributed by atoms with Crippen LogP contribution in [0.4, 0.5) is 13.2 Å². The van der Waals surface area contributed by atoms with Crippen LogP contribution in [0.5, 0.6) is 0 Å². The molecule has 0 aliphatic heterocycles. The number of hydrogen-bond acceptors (Lipinski definition) is 3. The van der Waals surface area contributed by atoms with Crippen LogP contribution < -0.4 is 0 Å². The van der Waals surface area contributed by atoms with Crippen LogP contribution in [-0.2, 0) is 17.0 Å². The van der Waals surface area contributed by atoms with Crippen molar-refractivity contribution < 1.29 is 22.7 Å². The number of aromatic nitrogens is 1. The third kappa shape index (κ3) is 5.71. The number of benzene rings is 1. The summed E-state index contributed by atoms with van der Waals surface area (Å²) in [4.78, 5) is 5.34. The number of aliphatic hydroxyl groups excluding tert-OH is 1. The van der Waals surface area contributed by atoms with E-state index in [1.807, 2.05) is 0 Å². The molecule has 3 aliphatic carbocycles. The highest BCUT2D eigenvalue weighted by atomic mass is 28.4. The lowest BCUT2D eigenvalue weighted by Crippen LogP contribution is -2.46. The predicted octanol–water partition coefficient (Wildman–Crippen LogP) is 10.1. The highest BCUT2D eigenvalue weighted by molar-refractivity contribution is 6.74. The second-order valence-electron chi connectivity index (χ2n) is 14.5. The van der Waals surface area contributed by atoms with E-state index in [1.165, 1.54) is 37.0 Å². The molecule has 5 rings (SSSR count). The summed E-state index contributed by atoms with van der Waals surface area (Å²) in [6.07, 6.45) is 5.13. The molecule has 0 radical (unpaired) electrons. The van der Waals surface area contributed by atoms with Crippen molar-refractivity contribution in [1.29, 1.82) is 0 Å². The lowest BCUT2D eigenvalue weighted by atomic mass is 9.59. The van der Waals surface area contributed by atoms with Gasteiger partial charge in [-0.25, -0.2) is 0 Å². The van der Waals surface area contributed by atoms with Crippen molar-refractivity contribution in [2.45, 2.75) is 128 Å². The Kier molecular flexibility index (Phi) is 7.91. The van der Waals surface area contributed by atoms with Gasteiger partial charge in [-0.15, -0.1) is 0 Å². The molecule has 1 N–H and O–H groups in total. The lowest BCUT2D eigenvalue weighted by Gasteiger charge is -2.51. The van der Waals surface area contributed by atoms with Gasteiger partial charge in [-0.1, -0.05) is 59.2 Å². The average molecular weight is 586 g/mol. The standard InChI is InChI=1S/C34H46F3NO2Si/c1-21(2)30-29(31(39)23-13-15-24(16-14-23)34(35,36)37)27(22-11-8-9-12-22)28-25(38-30)19-33(17-10-18-33)20-26(28)40-41(6,7)32(3,4)5/h11,13-16,21,26,31,39H,8-10,12,17-20H2,1-7H3/t26-,31?/m0/s1. The number of halogens is 3. The number of rotatable bonds is 6. The predicted molar refractivity (Wildman–Crippen MR) is 161 cm³/mol. The molecule has 3 aliphatic rings. The molecular weight excluding hydrogens is 539 g/mol. The molecule has 1 heterocycles. The number of allylic oxidation sites excluding steroid dienone is 2. The van der Waals surface area contributed by atoms with Crippen LogP contribution in [-0.4, -0.2) is 18.4 Å². The molecule has 1 spiro atoms. The number of fused-ring (bicyclic) bond motifs is 1. The summed E-state index contributed by atoms with van der Waals surface area (Å²) in [5.74, 6) is 0.0409. The molecule has 2 aromatic rings. The van der Waals surface area contributed by atoms with Crippen LogP contribution in [0, 0.1) is 5.41 Å². The van der Waals surface area contributed by atoms with E-state index in [0.29, 0.717) is 5.56 Å². The van der Waals surface area contributed by atoms with Crippen LogP contribution >= 0.6 is 0 Å². The third-order valence-electron chi connectivity index (χ3n) is 10.3. The molecule has 1 fully saturated rings. The molecule has 1 aromatic heterocycles. The van der Waals surface area contributed by atoms with Crippen molar-refractivity contribution in [3.8, 4) is 0 Å². The molecule has 0 saturated heterocycles. The molecular formula is C34H46F3NO2Si. The quantitative estimate of drug-likeness (QED) is 0.343. The van der Waals surface area contributed by atoms with E-state index >= 15 is 0 Å². The monoisotopic (exact) mass is 585 g/mol. The van der Waals surface area contributed by atoms with Gasteiger partial charge in [0.25, 0.3) is 0 Å². The number of aliphatic hydroxyl groups is 1. The van der Waals surface area contributed by atoms with Crippen molar-refractivity contribution in [2.24, 2.45) is 5.41 Å². The topological polar surface area (TPSA) is 42.4 Å². The van der Waals surface area contributed by atoms with Gasteiger partial charge >= 0.3 is 6.18 Å². The largest absolute Gasteiger partial charge is 0.416 e. The fourth-order valence-corrected chi connectivity index (χ4v) is 8.03. The van der Waals surface area contributed by atoms with E-state index in [9.17, 15) is 18.3 Å². The summed E-state index contributed by atoms with van der Waals surface area (Å²) in [6.45, 7) is 15.6. The highest BCUT2D eigenvalue weighted by Crippen LogP contribution is 2.58. The summed E-state index contributed by atoms with van der Waals surface area (Å²) in [6, 6.07) is 4.96. The first-order chi connectivity index (χ1) is 19.0. The number of hydrogen-bond donors (Lipinski definition) is 1. The van der Waals surface area contributed by atoms with Gasteiger partial charge in [0, 0.05) is 22.5 Å². The average Bonchev–Trinajstić information content (AvgIpc) is 3.39. The van der Waals surface area contributed by atoms with Crippen molar-refractivity contribution in [3.05, 3.63) is 69.5 Å². The fraction of sp³-hybridized carbons (Fsp3) is 0.618. The normalized spacial score (nSPS) is 21.6. The Morgan fingerprint density at radius 1 is 1.05 bits per heavy atom. The van der Waals surface area contributed by atoms with Gasteiger partial charge in [-0.2, -0.15) is 13.2 Å². The summed E-state index contributed by atoms with van der Waals surface area (Å²) < 4.78 is 47.3. The first-order valence-electron chi connectivity index (χ1n) is 15.3. The first kappa shape index (κ1) is 30.5. The number of alkyl halides is 3. The SMILES string of the molecule is CC(C)c1nc2c(c(C3=CCCC3)c1C(O)c1ccc(C(F)(F)F)cc1)[C@@H](O[Si](C)(C)C(C)(C)C)CC1(CCC1)C2. The molecule has 2 atom stereocenters. The Morgan fingerprint density at radius 3 is 2.20 bits per heavy atom. The van der Waals surface area contributed by atoms with Gasteiger partial charge in [-0.3, -0.25) is 4.98 Å². The smallest absolute Gasteiger partial charge is 0.410 e. The highest BCUT2D eigenvalue weighted by Gasteiger charge is 2.49. The van der Waals surface area contributed by atoms with Crippen molar-refractivity contribution in [1.82, 2.24) is 4.98 Å². The van der Waals surface area contributed by atoms with Gasteiger partial charge in [0.1, 0.15) is 6.10 Å². The molecule has 224 valence electrons. The number of nitrogens with zero attached hydrogens (tertiary/aromatic N) is 1. The maximum Gasteiger partial charge on any atom is 0.416 e. The molecule has 0 bridgehead atoms. The Balaban J connectivity index is 1.73. The van der Waals surface area contributed by atoms with Crippen LogP contribution in [0.1, 0.15) is 137 Å². The molecule has 1 unspecified atom stereocenters. The summed E-state index contributed by atoms with van der Waals surface area (Å²) in [5, 5.41) is 12.0. The molecule has 1 aromatic carbocycles. The lowest BCUT2D eigenvalue weighted by molar-refractivity contribution is -0.137. The summed E-state index contributed by atoms with van der Waals surface area (Å²) in [7, 11) is -2.16. The Hall–Kier alpha value is -1.96. The Labute approximate surface area is 244 Å². The molecule has 0 amide bonds. The van der Waals surface area contributed by atoms with Crippen LogP contribution in [0.25, 0.3) is 5.57 Å². The van der Waals surface area contributed by atoms with E-state index in [0.717, 1.165) is 72.3 Å². The van der Waals surface area contributed by atoms with Crippen LogP contribution in [0.3, 0.4) is 0 Å². The molecule has 41 heavy (non-hydrogen) atoms. The van der Waals surface area contributed by atoms with E-state index in [2.05, 4.69) is 53.8 Å². The van der Waals surface area contributed by atoms with Gasteiger partial charge in [0.05, 0.1) is 11.7 Å². The van der Waals surface area contributed by atoms with Crippen molar-refractivity contribution in [3.63, 3.8) is 0 Å². The Bertz CT molecular complexity index is 1320. The zero-order valence-corrected chi connectivity index (χ0v) is 26.7. The second kappa shape index (κ2) is 10.6. The third-order valence-corrected chi connectivity index (χ3v) is 14.7. The molecule has 7 heteroatoms. The van der Waals surface area contributed by atoms with Gasteiger partial charge < -0.3 is 9.53 Å². The van der Waals surface area contributed by atoms with Crippen molar-refractivity contribution in [2.75, 3.05) is 0 Å². The maximum atomic E-state index is 13.3. The maximum absolute atomic E-state index is 13.3. The van der Waals surface area contributed by atoms with E-state index in [4.69, 9.17) is 9.41 Å². The minimum atomic E-state index is -4.43. The summed E-state index contributed by atoms with van der Waals surface area (Å²) in [5.41, 5.74) is 6.07. The molecule has 1 saturated carbocycles. The first-order valence-corrected chi connectivity index (χ1v) is 18.2. The van der Waals surface area contributed by atoms with Gasteiger partial charge in [-0.05, 0) is 103 Å². The minimum absolute atomic E-state index is 0.0397. The van der Waals surface area contributed by atoms with Gasteiger partial charge in [0.2, 0.25) is 0 Å². The Morgan fingerprint density at radius 2 is 1.71 bits per heavy atom. The molecule has 3 nitrogen and oxygen atoms in total. The van der Waals surface area contributed by atoms with Crippen LogP contribution in [0.15, 0.2) is 30.3 Å². The zero-order chi connectivity index (χ0) is 30.0. The van der Waals surface area contributed by atoms with Gasteiger partial charge in [0.15, 0.2) is 8.32 Å². The van der Waals surface area contributed by atoms with E-state index in [1.54, 1.807) is 0 Å². The zero-order valence-electron chi connectivity index (χ0n) is 25.7. The minimum Gasteiger partial charge on any atom is -0.410 e. The second-order valence-corrected chi connectivity index (χ2v) is 19.3. The van der Waals surface area contributed by atoms with Crippen molar-refractivity contribution >= 4 is 13.9 Å². The van der Waals surface area contributed by atoms with E-state index in [-0.39, 0.29) is 22.5 Å². The summed E-state index contributed by atoms with van der Waals surface area (Å²) >= 11 is 0. The fourth-order valence-electron chi connectivity index (χ4n) is 6.76. The van der Waals surface area contributed by atoms with E-state index < -0.39 is 26.2 Å². The number of pyridine rings is 1.